The molecule has 8 heteroatoms. The molecule has 0 radical (unpaired) electrons. The average molecular weight is 381 g/mol. The van der Waals surface area contributed by atoms with E-state index in [0.29, 0.717) is 26.1 Å². The first-order valence-electron chi connectivity index (χ1n) is 9.11. The van der Waals surface area contributed by atoms with Gasteiger partial charge >= 0.3 is 5.97 Å². The van der Waals surface area contributed by atoms with Gasteiger partial charge in [0.2, 0.25) is 6.03 Å². The van der Waals surface area contributed by atoms with Crippen molar-refractivity contribution in [2.75, 3.05) is 26.9 Å². The number of carbonyl (C=O) groups is 1. The Labute approximate surface area is 152 Å². The summed E-state index contributed by atoms with van der Waals surface area (Å²) in [7, 11) is -2.03. The maximum Gasteiger partial charge on any atom is 0.322 e. The molecule has 150 valence electrons. The second kappa shape index (κ2) is 12.8. The van der Waals surface area contributed by atoms with Crippen molar-refractivity contribution in [3.05, 3.63) is 0 Å². The zero-order valence-corrected chi connectivity index (χ0v) is 17.6. The molecule has 0 aromatic rings. The smallest absolute Gasteiger partial charge is 0.322 e. The summed E-state index contributed by atoms with van der Waals surface area (Å²) in [5.74, 6) is -0.673. The highest BCUT2D eigenvalue weighted by atomic mass is 31.2. The molecular formula is C17H36NO6P. The maximum absolute atomic E-state index is 13.7. The van der Waals surface area contributed by atoms with Gasteiger partial charge in [-0.25, -0.2) is 0 Å². The first-order valence-corrected chi connectivity index (χ1v) is 10.9. The Morgan fingerprint density at radius 2 is 1.60 bits per heavy atom. The molecule has 0 heterocycles. The fourth-order valence-electron chi connectivity index (χ4n) is 2.60. The fraction of sp³-hybridized carbons (Fsp3) is 0.941. The summed E-state index contributed by atoms with van der Waals surface area (Å²) in [6.45, 7) is 12.3. The van der Waals surface area contributed by atoms with Gasteiger partial charge in [0, 0.05) is 13.2 Å². The van der Waals surface area contributed by atoms with Crippen LogP contribution in [0.25, 0.3) is 0 Å². The lowest BCUT2D eigenvalue weighted by Gasteiger charge is -2.34. The first-order chi connectivity index (χ1) is 11.8. The van der Waals surface area contributed by atoms with Gasteiger partial charge in [-0.1, -0.05) is 20.8 Å². The summed E-state index contributed by atoms with van der Waals surface area (Å²) < 4.78 is 35.4. The van der Waals surface area contributed by atoms with Crippen molar-refractivity contribution in [2.24, 2.45) is 5.92 Å². The van der Waals surface area contributed by atoms with Crippen LogP contribution in [0.4, 0.5) is 0 Å². The zero-order valence-electron chi connectivity index (χ0n) is 16.7. The van der Waals surface area contributed by atoms with Gasteiger partial charge in [0.25, 0.3) is 7.37 Å². The normalized spacial score (nSPS) is 16.7. The van der Waals surface area contributed by atoms with E-state index in [0.717, 1.165) is 0 Å². The van der Waals surface area contributed by atoms with Crippen LogP contribution in [0.1, 0.15) is 54.4 Å². The van der Waals surface area contributed by atoms with Crippen LogP contribution < -0.4 is 5.32 Å². The molecule has 0 aliphatic rings. The van der Waals surface area contributed by atoms with E-state index < -0.39 is 25.2 Å². The van der Waals surface area contributed by atoms with Gasteiger partial charge in [0.15, 0.2) is 0 Å². The number of rotatable bonds is 14. The minimum atomic E-state index is -3.38. The molecule has 0 fully saturated rings. The Balaban J connectivity index is 5.60. The highest BCUT2D eigenvalue weighted by Crippen LogP contribution is 2.57. The fourth-order valence-corrected chi connectivity index (χ4v) is 5.20. The van der Waals surface area contributed by atoms with Crippen LogP contribution in [0, 0.1) is 5.92 Å². The SMILES string of the molecule is CCOC(OCC)[P@](=O)(OCC)[C@H](CC)N[C@@H](CC(C)C)C(=O)OC. The molecule has 0 unspecified atom stereocenters. The predicted molar refractivity (Wildman–Crippen MR) is 98.7 cm³/mol. The van der Waals surface area contributed by atoms with Crippen molar-refractivity contribution in [1.82, 2.24) is 5.32 Å². The molecule has 0 bridgehead atoms. The highest BCUT2D eigenvalue weighted by Gasteiger charge is 2.44. The van der Waals surface area contributed by atoms with Crippen LogP contribution in [0.3, 0.4) is 0 Å². The van der Waals surface area contributed by atoms with Crippen molar-refractivity contribution in [3.63, 3.8) is 0 Å². The van der Waals surface area contributed by atoms with E-state index in [1.165, 1.54) is 7.11 Å². The van der Waals surface area contributed by atoms with Gasteiger partial charge in [-0.2, -0.15) is 0 Å². The van der Waals surface area contributed by atoms with E-state index in [1.807, 2.05) is 34.6 Å². The molecule has 25 heavy (non-hydrogen) atoms. The molecule has 0 rings (SSSR count). The Hall–Kier alpha value is -0.460. The zero-order chi connectivity index (χ0) is 19.5. The molecule has 1 N–H and O–H groups in total. The molecule has 0 saturated carbocycles. The molecular weight excluding hydrogens is 345 g/mol. The second-order valence-electron chi connectivity index (χ2n) is 6.08. The van der Waals surface area contributed by atoms with E-state index >= 15 is 0 Å². The minimum absolute atomic E-state index is 0.263. The maximum atomic E-state index is 13.7. The van der Waals surface area contributed by atoms with Crippen LogP contribution in [0.5, 0.6) is 0 Å². The van der Waals surface area contributed by atoms with Crippen molar-refractivity contribution < 1.29 is 28.1 Å². The van der Waals surface area contributed by atoms with Gasteiger partial charge in [0.1, 0.15) is 6.04 Å². The quantitative estimate of drug-likeness (QED) is 0.280. The van der Waals surface area contributed by atoms with Crippen LogP contribution in [0.2, 0.25) is 0 Å². The molecule has 7 nitrogen and oxygen atoms in total. The van der Waals surface area contributed by atoms with Crippen LogP contribution in [-0.2, 0) is 28.1 Å². The molecule has 0 aromatic heterocycles. The van der Waals surface area contributed by atoms with Gasteiger partial charge in [-0.15, -0.1) is 0 Å². The molecule has 0 aromatic carbocycles. The lowest BCUT2D eigenvalue weighted by Crippen LogP contribution is -2.46. The topological polar surface area (TPSA) is 83.1 Å². The summed E-state index contributed by atoms with van der Waals surface area (Å²) in [6.07, 6.45) is 1.07. The van der Waals surface area contributed by atoms with Crippen molar-refractivity contribution in [3.8, 4) is 0 Å². The number of methoxy groups -OCH3 is 1. The van der Waals surface area contributed by atoms with E-state index in [9.17, 15) is 9.36 Å². The standard InChI is InChI=1S/C17H36NO6P/c1-8-15(18-14(12-13(5)6)16(19)21-7)25(20,24-11-4)17(22-9-2)23-10-3/h13-15,17-18H,8-12H2,1-7H3/t14-,15+,25+/m0/s1. The third-order valence-corrected chi connectivity index (χ3v) is 6.58. The van der Waals surface area contributed by atoms with Gasteiger partial charge in [-0.3, -0.25) is 14.7 Å². The molecule has 0 amide bonds. The summed E-state index contributed by atoms with van der Waals surface area (Å²) in [5, 5.41) is 3.19. The average Bonchev–Trinajstić information content (AvgIpc) is 2.57. The highest BCUT2D eigenvalue weighted by molar-refractivity contribution is 7.60. The number of nitrogens with one attached hydrogen (secondary N) is 1. The summed E-state index contributed by atoms with van der Waals surface area (Å²) >= 11 is 0. The second-order valence-corrected chi connectivity index (χ2v) is 8.67. The van der Waals surface area contributed by atoms with Gasteiger partial charge in [0.05, 0.1) is 19.5 Å². The predicted octanol–water partition coefficient (Wildman–Crippen LogP) is 3.57. The van der Waals surface area contributed by atoms with Crippen molar-refractivity contribution in [1.29, 1.82) is 0 Å². The van der Waals surface area contributed by atoms with Crippen molar-refractivity contribution in [2.45, 2.75) is 72.2 Å². The monoisotopic (exact) mass is 381 g/mol. The number of esters is 1. The van der Waals surface area contributed by atoms with Gasteiger partial charge in [-0.05, 0) is 39.5 Å². The van der Waals surface area contributed by atoms with E-state index in [4.69, 9.17) is 18.7 Å². The summed E-state index contributed by atoms with van der Waals surface area (Å²) in [5.41, 5.74) is 0. The number of carbonyl (C=O) groups excluding carboxylic acids is 1. The Kier molecular flexibility index (Phi) is 12.6. The molecule has 3 atom stereocenters. The molecule has 0 saturated heterocycles. The Morgan fingerprint density at radius 3 is 1.96 bits per heavy atom. The molecule has 0 aliphatic heterocycles. The van der Waals surface area contributed by atoms with Crippen LogP contribution >= 0.6 is 7.37 Å². The largest absolute Gasteiger partial charge is 0.468 e. The minimum Gasteiger partial charge on any atom is -0.468 e. The molecule has 0 spiro atoms. The number of hydrogen-bond acceptors (Lipinski definition) is 7. The summed E-state index contributed by atoms with van der Waals surface area (Å²) in [4.78, 5) is 12.1. The molecule has 0 aliphatic carbocycles. The van der Waals surface area contributed by atoms with E-state index in [1.54, 1.807) is 6.92 Å². The third kappa shape index (κ3) is 7.75. The number of hydrogen-bond donors (Lipinski definition) is 1. The van der Waals surface area contributed by atoms with Gasteiger partial charge < -0.3 is 18.7 Å². The first kappa shape index (κ1) is 24.5. The van der Waals surface area contributed by atoms with E-state index in [2.05, 4.69) is 5.32 Å². The lowest BCUT2D eigenvalue weighted by atomic mass is 10.0. The van der Waals surface area contributed by atoms with Crippen LogP contribution in [0.15, 0.2) is 0 Å². The van der Waals surface area contributed by atoms with Crippen LogP contribution in [-0.4, -0.2) is 50.8 Å². The van der Waals surface area contributed by atoms with Crippen molar-refractivity contribution >= 4 is 13.3 Å². The Morgan fingerprint density at radius 1 is 1.04 bits per heavy atom. The lowest BCUT2D eigenvalue weighted by molar-refractivity contribution is -0.143. The van der Waals surface area contributed by atoms with E-state index in [-0.39, 0.29) is 18.5 Å². The number of ether oxygens (including phenoxy) is 3. The Bertz CT molecular complexity index is 412. The third-order valence-electron chi connectivity index (χ3n) is 3.65. The summed E-state index contributed by atoms with van der Waals surface area (Å²) in [6, 6.07) is -1.52.